The molecule has 1 saturated carbocycles. The van der Waals surface area contributed by atoms with E-state index in [0.717, 1.165) is 4.90 Å². The van der Waals surface area contributed by atoms with Crippen LogP contribution in [0.5, 0.6) is 5.75 Å². The molecule has 2 aliphatic heterocycles. The molecule has 0 radical (unpaired) electrons. The average molecular weight is 600 g/mol. The van der Waals surface area contributed by atoms with Crippen LogP contribution in [0.1, 0.15) is 31.2 Å². The monoisotopic (exact) mass is 598 g/mol. The van der Waals surface area contributed by atoms with Gasteiger partial charge in [0.2, 0.25) is 11.8 Å². The molecule has 8 nitrogen and oxygen atoms in total. The molecule has 2 aliphatic carbocycles. The highest BCUT2D eigenvalue weighted by atomic mass is 79.9. The molecule has 0 unspecified atom stereocenters. The normalized spacial score (nSPS) is 35.5. The van der Waals surface area contributed by atoms with Crippen molar-refractivity contribution in [3.8, 4) is 5.75 Å². The number of para-hydroxylation sites is 1. The van der Waals surface area contributed by atoms with E-state index in [2.05, 4.69) is 15.9 Å². The fourth-order valence-corrected chi connectivity index (χ4v) is 7.90. The van der Waals surface area contributed by atoms with Crippen LogP contribution < -0.4 is 4.74 Å². The van der Waals surface area contributed by atoms with E-state index in [0.29, 0.717) is 23.3 Å². The molecule has 5 rings (SSSR count). The smallest absolute Gasteiger partial charge is 0.254 e. The summed E-state index contributed by atoms with van der Waals surface area (Å²) in [5.74, 6) is -4.09. The summed E-state index contributed by atoms with van der Waals surface area (Å²) in [5, 5.41) is 9.34. The van der Waals surface area contributed by atoms with Crippen molar-refractivity contribution in [2.75, 3.05) is 25.2 Å². The molecule has 0 aromatic heterocycles. The number of halogens is 3. The van der Waals surface area contributed by atoms with Crippen LogP contribution in [-0.2, 0) is 19.2 Å². The predicted octanol–water partition coefficient (Wildman–Crippen LogP) is 2.79. The Morgan fingerprint density at radius 2 is 1.81 bits per heavy atom. The summed E-state index contributed by atoms with van der Waals surface area (Å²) in [7, 11) is 0. The highest BCUT2D eigenvalue weighted by Gasteiger charge is 2.76. The van der Waals surface area contributed by atoms with Gasteiger partial charge in [-0.05, 0) is 31.7 Å². The number of alkyl halides is 3. The number of imide groups is 2. The summed E-state index contributed by atoms with van der Waals surface area (Å²) < 4.78 is 5.79. The van der Waals surface area contributed by atoms with Gasteiger partial charge in [0.1, 0.15) is 12.4 Å². The number of nitrogens with zero attached hydrogens (tertiary/aromatic N) is 2. The van der Waals surface area contributed by atoms with Crippen LogP contribution in [0.4, 0.5) is 0 Å². The lowest BCUT2D eigenvalue weighted by atomic mass is 9.56. The van der Waals surface area contributed by atoms with Gasteiger partial charge in [0.05, 0.1) is 23.9 Å². The van der Waals surface area contributed by atoms with E-state index in [1.807, 2.05) is 6.08 Å². The maximum absolute atomic E-state index is 13.8. The number of ether oxygens (including phenoxy) is 1. The number of fused-ring (bicyclic) bond motifs is 4. The Balaban J connectivity index is 1.73. The molecule has 0 bridgehead atoms. The Kier molecular flexibility index (Phi) is 6.51. The van der Waals surface area contributed by atoms with Crippen LogP contribution in [0, 0.1) is 17.8 Å². The summed E-state index contributed by atoms with van der Waals surface area (Å²) in [5.41, 5.74) is 1.15. The first kappa shape index (κ1) is 25.7. The van der Waals surface area contributed by atoms with E-state index in [1.54, 1.807) is 31.2 Å². The molecule has 1 aromatic carbocycles. The molecule has 6 atom stereocenters. The molecular formula is C25H25BrCl2N2O6. The highest BCUT2D eigenvalue weighted by Crippen LogP contribution is 2.66. The first-order chi connectivity index (χ1) is 17.2. The SMILES string of the molecule is CCN1C(=O)[C@H]2[C@H](CC=C3[C@H]2C[C@@]2(Cl)C(=O)N(CBr)C(=O)[C@@]2(Cl)[C@H]3c2ccccc2OCCO)C1=O. The number of amides is 4. The second-order valence-corrected chi connectivity index (χ2v) is 11.3. The Hall–Kier alpha value is -1.94. The molecule has 4 amide bonds. The van der Waals surface area contributed by atoms with Crippen LogP contribution in [0.2, 0.25) is 0 Å². The predicted molar refractivity (Wildman–Crippen MR) is 135 cm³/mol. The van der Waals surface area contributed by atoms with Gasteiger partial charge in [-0.3, -0.25) is 29.0 Å². The third-order valence-corrected chi connectivity index (χ3v) is 9.92. The van der Waals surface area contributed by atoms with Crippen molar-refractivity contribution in [1.29, 1.82) is 0 Å². The Morgan fingerprint density at radius 1 is 1.08 bits per heavy atom. The number of benzene rings is 1. The lowest BCUT2D eigenvalue weighted by Gasteiger charge is -2.51. The zero-order valence-corrected chi connectivity index (χ0v) is 22.6. The number of hydrogen-bond donors (Lipinski definition) is 1. The molecular weight excluding hydrogens is 575 g/mol. The van der Waals surface area contributed by atoms with Gasteiger partial charge in [0, 0.05) is 18.0 Å². The first-order valence-electron chi connectivity index (χ1n) is 11.8. The van der Waals surface area contributed by atoms with Crippen molar-refractivity contribution in [1.82, 2.24) is 9.80 Å². The minimum atomic E-state index is -1.89. The Labute approximate surface area is 226 Å². The first-order valence-corrected chi connectivity index (χ1v) is 13.7. The Morgan fingerprint density at radius 3 is 2.47 bits per heavy atom. The van der Waals surface area contributed by atoms with Crippen LogP contribution in [-0.4, -0.2) is 73.5 Å². The fourth-order valence-electron chi connectivity index (χ4n) is 6.48. The number of carbonyl (C=O) groups excluding carboxylic acids is 4. The van der Waals surface area contributed by atoms with E-state index in [1.165, 1.54) is 4.90 Å². The lowest BCUT2D eigenvalue weighted by molar-refractivity contribution is -0.141. The van der Waals surface area contributed by atoms with Gasteiger partial charge < -0.3 is 9.84 Å². The van der Waals surface area contributed by atoms with Gasteiger partial charge in [0.25, 0.3) is 11.8 Å². The van der Waals surface area contributed by atoms with Gasteiger partial charge in [-0.15, -0.1) is 23.2 Å². The van der Waals surface area contributed by atoms with Crippen LogP contribution >= 0.6 is 39.1 Å². The van der Waals surface area contributed by atoms with Crippen molar-refractivity contribution >= 4 is 62.8 Å². The molecule has 36 heavy (non-hydrogen) atoms. The zero-order valence-electron chi connectivity index (χ0n) is 19.5. The lowest BCUT2D eigenvalue weighted by Crippen LogP contribution is -2.60. The van der Waals surface area contributed by atoms with Crippen molar-refractivity contribution in [2.45, 2.75) is 35.4 Å². The number of carbonyl (C=O) groups is 4. The van der Waals surface area contributed by atoms with Crippen molar-refractivity contribution in [3.05, 3.63) is 41.5 Å². The molecule has 1 aromatic rings. The maximum Gasteiger partial charge on any atom is 0.254 e. The van der Waals surface area contributed by atoms with E-state index in [-0.39, 0.29) is 43.4 Å². The molecule has 1 N–H and O–H groups in total. The number of rotatable bonds is 6. The number of allylic oxidation sites excluding steroid dienone is 2. The van der Waals surface area contributed by atoms with Gasteiger partial charge in [0.15, 0.2) is 9.75 Å². The number of likely N-dealkylation sites (tertiary alicyclic amines) is 2. The van der Waals surface area contributed by atoms with Crippen LogP contribution in [0.15, 0.2) is 35.9 Å². The third-order valence-electron chi connectivity index (χ3n) is 8.00. The molecule has 4 aliphatic rings. The zero-order chi connectivity index (χ0) is 26.0. The standard InChI is InChI=1S/C25H25BrCl2N2O6/c1-2-29-20(32)15-8-7-13-16(18(15)21(29)33)11-24(27)22(34)30(12-26)23(35)25(24,28)19(13)14-5-3-4-6-17(14)36-10-9-31/h3-7,15-16,18-19,31H,2,8-12H2,1H3/t15-,16+,18-,19+,24+,25-/m0/s1. The molecule has 2 saturated heterocycles. The third kappa shape index (κ3) is 3.22. The summed E-state index contributed by atoms with van der Waals surface area (Å²) in [4.78, 5) is 52.3. The molecule has 2 heterocycles. The van der Waals surface area contributed by atoms with Gasteiger partial charge >= 0.3 is 0 Å². The second kappa shape index (κ2) is 9.11. The van der Waals surface area contributed by atoms with Crippen LogP contribution in [0.25, 0.3) is 0 Å². The van der Waals surface area contributed by atoms with Crippen molar-refractivity contribution in [3.63, 3.8) is 0 Å². The number of aliphatic hydroxyl groups excluding tert-OH is 1. The minimum Gasteiger partial charge on any atom is -0.491 e. The fraction of sp³-hybridized carbons (Fsp3) is 0.520. The summed E-state index contributed by atoms with van der Waals surface area (Å²) in [6.45, 7) is 1.79. The largest absolute Gasteiger partial charge is 0.491 e. The van der Waals surface area contributed by atoms with E-state index < -0.39 is 45.2 Å². The van der Waals surface area contributed by atoms with E-state index >= 15 is 0 Å². The maximum atomic E-state index is 13.8. The highest BCUT2D eigenvalue weighted by molar-refractivity contribution is 9.09. The second-order valence-electron chi connectivity index (χ2n) is 9.52. The van der Waals surface area contributed by atoms with E-state index in [9.17, 15) is 24.3 Å². The molecule has 11 heteroatoms. The summed E-state index contributed by atoms with van der Waals surface area (Å²) in [6, 6.07) is 6.97. The molecule has 3 fully saturated rings. The number of aliphatic hydroxyl groups is 1. The summed E-state index contributed by atoms with van der Waals surface area (Å²) in [6.07, 6.45) is 2.16. The van der Waals surface area contributed by atoms with E-state index in [4.69, 9.17) is 27.9 Å². The van der Waals surface area contributed by atoms with Crippen LogP contribution in [0.3, 0.4) is 0 Å². The summed E-state index contributed by atoms with van der Waals surface area (Å²) >= 11 is 17.6. The molecule has 0 spiro atoms. The quantitative estimate of drug-likeness (QED) is 0.233. The average Bonchev–Trinajstić information content (AvgIpc) is 3.20. The molecule has 192 valence electrons. The van der Waals surface area contributed by atoms with Gasteiger partial charge in [-0.1, -0.05) is 45.8 Å². The van der Waals surface area contributed by atoms with Gasteiger partial charge in [-0.25, -0.2) is 0 Å². The topological polar surface area (TPSA) is 104 Å². The minimum absolute atomic E-state index is 0.0110. The van der Waals surface area contributed by atoms with Gasteiger partial charge in [-0.2, -0.15) is 0 Å². The Bertz CT molecular complexity index is 1190. The number of hydrogen-bond acceptors (Lipinski definition) is 6. The van der Waals surface area contributed by atoms with Crippen molar-refractivity contribution < 1.29 is 29.0 Å². The van der Waals surface area contributed by atoms with Crippen molar-refractivity contribution in [2.24, 2.45) is 17.8 Å².